The number of carbonyl (C=O) groups excluding carboxylic acids is 1. The van der Waals surface area contributed by atoms with Crippen LogP contribution in [0.15, 0.2) is 29.2 Å². The molecule has 0 spiro atoms. The van der Waals surface area contributed by atoms with E-state index in [4.69, 9.17) is 0 Å². The van der Waals surface area contributed by atoms with Gasteiger partial charge < -0.3 is 9.84 Å². The molecule has 1 aromatic rings. The Bertz CT molecular complexity index is 333. The van der Waals surface area contributed by atoms with Gasteiger partial charge in [0.05, 0.1) is 19.6 Å². The minimum atomic E-state index is -0.436. The van der Waals surface area contributed by atoms with Gasteiger partial charge in [0.25, 0.3) is 0 Å². The van der Waals surface area contributed by atoms with Crippen molar-refractivity contribution in [2.75, 3.05) is 12.9 Å². The molecule has 0 saturated carbocycles. The maximum atomic E-state index is 10.9. The van der Waals surface area contributed by atoms with E-state index < -0.39 is 6.10 Å². The van der Waals surface area contributed by atoms with Crippen LogP contribution in [-0.2, 0) is 9.53 Å². The first-order valence-corrected chi connectivity index (χ1v) is 6.09. The molecule has 0 fully saturated rings. The van der Waals surface area contributed by atoms with Crippen LogP contribution in [0.3, 0.4) is 0 Å². The van der Waals surface area contributed by atoms with Crippen LogP contribution in [0.25, 0.3) is 0 Å². The van der Waals surface area contributed by atoms with Gasteiger partial charge in [-0.3, -0.25) is 4.79 Å². The minimum absolute atomic E-state index is 0.187. The summed E-state index contributed by atoms with van der Waals surface area (Å²) in [5.41, 5.74) is 0.900. The molecule has 0 bridgehead atoms. The molecular formula is C12H16O3S. The fourth-order valence-corrected chi connectivity index (χ4v) is 2.03. The molecule has 1 atom stereocenters. The highest BCUT2D eigenvalue weighted by atomic mass is 32.2. The van der Waals surface area contributed by atoms with Crippen molar-refractivity contribution in [3.05, 3.63) is 29.8 Å². The molecule has 1 rings (SSSR count). The third-order valence-corrected chi connectivity index (χ3v) is 3.18. The fraction of sp³-hybridized carbons (Fsp3) is 0.417. The molecule has 0 saturated heterocycles. The number of esters is 1. The topological polar surface area (TPSA) is 46.5 Å². The Labute approximate surface area is 99.8 Å². The zero-order valence-corrected chi connectivity index (χ0v) is 10.3. The highest BCUT2D eigenvalue weighted by Crippen LogP contribution is 2.21. The van der Waals surface area contributed by atoms with Crippen LogP contribution in [0.4, 0.5) is 0 Å². The summed E-state index contributed by atoms with van der Waals surface area (Å²) in [6.07, 6.45) is -0.0200. The number of aliphatic hydroxyl groups is 1. The number of benzene rings is 1. The Morgan fingerprint density at radius 3 is 2.56 bits per heavy atom. The standard InChI is InChI=1S/C12H16O3S/c1-9(13)10-3-5-11(6-4-10)16-8-7-12(14)15-2/h3-6,9,13H,7-8H2,1-2H3. The lowest BCUT2D eigenvalue weighted by atomic mass is 10.1. The highest BCUT2D eigenvalue weighted by Gasteiger charge is 2.02. The van der Waals surface area contributed by atoms with Crippen LogP contribution in [0.1, 0.15) is 25.0 Å². The Kier molecular flexibility index (Phi) is 5.35. The summed E-state index contributed by atoms with van der Waals surface area (Å²) in [5, 5.41) is 9.33. The maximum absolute atomic E-state index is 10.9. The first kappa shape index (κ1) is 13.1. The lowest BCUT2D eigenvalue weighted by Gasteiger charge is -2.05. The summed E-state index contributed by atoms with van der Waals surface area (Å²) in [4.78, 5) is 12.0. The van der Waals surface area contributed by atoms with Gasteiger partial charge in [0.2, 0.25) is 0 Å². The van der Waals surface area contributed by atoms with Gasteiger partial charge in [-0.2, -0.15) is 0 Å². The predicted molar refractivity (Wildman–Crippen MR) is 64.4 cm³/mol. The Morgan fingerprint density at radius 2 is 2.06 bits per heavy atom. The van der Waals surface area contributed by atoms with Gasteiger partial charge >= 0.3 is 5.97 Å². The number of aliphatic hydroxyl groups excluding tert-OH is 1. The molecule has 3 nitrogen and oxygen atoms in total. The number of rotatable bonds is 5. The smallest absolute Gasteiger partial charge is 0.306 e. The Hall–Kier alpha value is -1.00. The molecular weight excluding hydrogens is 224 g/mol. The average molecular weight is 240 g/mol. The summed E-state index contributed by atoms with van der Waals surface area (Å²) < 4.78 is 4.55. The number of carbonyl (C=O) groups is 1. The Morgan fingerprint density at radius 1 is 1.44 bits per heavy atom. The Balaban J connectivity index is 2.40. The summed E-state index contributed by atoms with van der Waals surface area (Å²) in [5.74, 6) is 0.522. The molecule has 1 unspecified atom stereocenters. The fourth-order valence-electron chi connectivity index (χ4n) is 1.20. The van der Waals surface area contributed by atoms with Crippen molar-refractivity contribution in [3.8, 4) is 0 Å². The lowest BCUT2D eigenvalue weighted by molar-refractivity contribution is -0.140. The van der Waals surface area contributed by atoms with Crippen molar-refractivity contribution in [1.29, 1.82) is 0 Å². The SMILES string of the molecule is COC(=O)CCSc1ccc(C(C)O)cc1. The van der Waals surface area contributed by atoms with E-state index in [0.717, 1.165) is 10.5 Å². The molecule has 0 aliphatic carbocycles. The average Bonchev–Trinajstić information content (AvgIpc) is 2.29. The molecule has 4 heteroatoms. The van der Waals surface area contributed by atoms with Crippen molar-refractivity contribution < 1.29 is 14.6 Å². The van der Waals surface area contributed by atoms with E-state index in [1.807, 2.05) is 24.3 Å². The van der Waals surface area contributed by atoms with Crippen LogP contribution in [0.5, 0.6) is 0 Å². The lowest BCUT2D eigenvalue weighted by Crippen LogP contribution is -2.00. The van der Waals surface area contributed by atoms with Crippen LogP contribution in [0.2, 0.25) is 0 Å². The van der Waals surface area contributed by atoms with Crippen molar-refractivity contribution in [1.82, 2.24) is 0 Å². The van der Waals surface area contributed by atoms with Crippen molar-refractivity contribution >= 4 is 17.7 Å². The third-order valence-electron chi connectivity index (χ3n) is 2.17. The van der Waals surface area contributed by atoms with Gasteiger partial charge in [-0.25, -0.2) is 0 Å². The van der Waals surface area contributed by atoms with Crippen molar-refractivity contribution in [2.45, 2.75) is 24.3 Å². The van der Waals surface area contributed by atoms with E-state index in [0.29, 0.717) is 12.2 Å². The van der Waals surface area contributed by atoms with E-state index in [9.17, 15) is 9.90 Å². The largest absolute Gasteiger partial charge is 0.469 e. The minimum Gasteiger partial charge on any atom is -0.469 e. The molecule has 88 valence electrons. The molecule has 0 aliphatic rings. The van der Waals surface area contributed by atoms with Gasteiger partial charge in [-0.05, 0) is 24.6 Å². The molecule has 1 N–H and O–H groups in total. The first-order valence-electron chi connectivity index (χ1n) is 5.11. The van der Waals surface area contributed by atoms with E-state index in [2.05, 4.69) is 4.74 Å². The number of methoxy groups -OCH3 is 1. The van der Waals surface area contributed by atoms with Gasteiger partial charge in [0, 0.05) is 10.6 Å². The number of hydrogen-bond donors (Lipinski definition) is 1. The van der Waals surface area contributed by atoms with Crippen LogP contribution in [0, 0.1) is 0 Å². The number of thioether (sulfide) groups is 1. The monoisotopic (exact) mass is 240 g/mol. The molecule has 0 amide bonds. The van der Waals surface area contributed by atoms with Crippen LogP contribution in [-0.4, -0.2) is 23.9 Å². The molecule has 1 aromatic carbocycles. The summed E-state index contributed by atoms with van der Waals surface area (Å²) in [6, 6.07) is 7.68. The van der Waals surface area contributed by atoms with Crippen LogP contribution < -0.4 is 0 Å². The van der Waals surface area contributed by atoms with E-state index in [1.54, 1.807) is 18.7 Å². The summed E-state index contributed by atoms with van der Waals surface area (Å²) >= 11 is 1.60. The first-order chi connectivity index (χ1) is 7.63. The second-order valence-corrected chi connectivity index (χ2v) is 4.59. The van der Waals surface area contributed by atoms with Gasteiger partial charge in [-0.1, -0.05) is 12.1 Å². The van der Waals surface area contributed by atoms with Gasteiger partial charge in [-0.15, -0.1) is 11.8 Å². The quantitative estimate of drug-likeness (QED) is 0.634. The number of ether oxygens (including phenoxy) is 1. The van der Waals surface area contributed by atoms with E-state index in [-0.39, 0.29) is 5.97 Å². The molecule has 0 aliphatic heterocycles. The molecule has 0 radical (unpaired) electrons. The summed E-state index contributed by atoms with van der Waals surface area (Å²) in [6.45, 7) is 1.74. The normalized spacial score (nSPS) is 12.2. The summed E-state index contributed by atoms with van der Waals surface area (Å²) in [7, 11) is 1.39. The maximum Gasteiger partial charge on any atom is 0.306 e. The van der Waals surface area contributed by atoms with E-state index >= 15 is 0 Å². The van der Waals surface area contributed by atoms with Gasteiger partial charge in [0.15, 0.2) is 0 Å². The molecule has 16 heavy (non-hydrogen) atoms. The third kappa shape index (κ3) is 4.24. The van der Waals surface area contributed by atoms with E-state index in [1.165, 1.54) is 7.11 Å². The van der Waals surface area contributed by atoms with Crippen molar-refractivity contribution in [2.24, 2.45) is 0 Å². The van der Waals surface area contributed by atoms with Crippen molar-refractivity contribution in [3.63, 3.8) is 0 Å². The highest BCUT2D eigenvalue weighted by molar-refractivity contribution is 7.99. The predicted octanol–water partition coefficient (Wildman–Crippen LogP) is 2.40. The second kappa shape index (κ2) is 6.55. The second-order valence-electron chi connectivity index (χ2n) is 3.42. The molecule has 0 heterocycles. The molecule has 0 aromatic heterocycles. The zero-order chi connectivity index (χ0) is 12.0. The van der Waals surface area contributed by atoms with Gasteiger partial charge in [0.1, 0.15) is 0 Å². The zero-order valence-electron chi connectivity index (χ0n) is 9.47. The van der Waals surface area contributed by atoms with Crippen LogP contribution >= 0.6 is 11.8 Å². The number of hydrogen-bond acceptors (Lipinski definition) is 4.